The number of fused-ring (bicyclic) bond motifs is 1. The maximum Gasteiger partial charge on any atom is 0.238 e. The first-order valence-corrected chi connectivity index (χ1v) is 9.48. The Morgan fingerprint density at radius 2 is 1.80 bits per heavy atom. The minimum Gasteiger partial charge on any atom is -0.350 e. The van der Waals surface area contributed by atoms with Crippen molar-refractivity contribution in [3.8, 4) is 0 Å². The molecule has 0 aliphatic rings. The van der Waals surface area contributed by atoms with E-state index in [1.807, 2.05) is 6.92 Å². The highest BCUT2D eigenvalue weighted by Gasteiger charge is 2.09. The number of pyridine rings is 1. The Labute approximate surface area is 150 Å². The Hall–Kier alpha value is -2.29. The quantitative estimate of drug-likeness (QED) is 0.661. The molecule has 0 unspecified atom stereocenters. The van der Waals surface area contributed by atoms with Crippen LogP contribution in [0, 0.1) is 0 Å². The van der Waals surface area contributed by atoms with Gasteiger partial charge >= 0.3 is 0 Å². The zero-order valence-corrected chi connectivity index (χ0v) is 15.0. The van der Waals surface area contributed by atoms with Gasteiger partial charge < -0.3 is 5.32 Å². The Kier molecular flexibility index (Phi) is 4.85. The van der Waals surface area contributed by atoms with Crippen molar-refractivity contribution < 1.29 is 8.42 Å². The number of hydrogen-bond donors (Lipinski definition) is 2. The van der Waals surface area contributed by atoms with Crippen LogP contribution in [-0.2, 0) is 23.0 Å². The molecule has 2 aromatic heterocycles. The number of aryl methyl sites for hydroxylation is 1. The first kappa shape index (κ1) is 17.5. The molecule has 0 bridgehead atoms. The molecule has 25 heavy (non-hydrogen) atoms. The van der Waals surface area contributed by atoms with E-state index in [9.17, 15) is 8.42 Å². The summed E-state index contributed by atoms with van der Waals surface area (Å²) in [5.41, 5.74) is 3.09. The van der Waals surface area contributed by atoms with Crippen LogP contribution in [0.25, 0.3) is 11.0 Å². The van der Waals surface area contributed by atoms with Gasteiger partial charge in [0.05, 0.1) is 16.1 Å². The van der Waals surface area contributed by atoms with Crippen LogP contribution in [0.15, 0.2) is 41.3 Å². The summed E-state index contributed by atoms with van der Waals surface area (Å²) in [5.74, 6) is 0.476. The predicted octanol–water partition coefficient (Wildman–Crippen LogP) is 2.50. The molecule has 0 fully saturated rings. The van der Waals surface area contributed by atoms with Crippen molar-refractivity contribution in [1.29, 1.82) is 0 Å². The summed E-state index contributed by atoms with van der Waals surface area (Å²) < 4.78 is 22.5. The fourth-order valence-electron chi connectivity index (χ4n) is 2.35. The Morgan fingerprint density at radius 1 is 1.08 bits per heavy atom. The maximum atomic E-state index is 11.3. The smallest absolute Gasteiger partial charge is 0.238 e. The number of anilines is 1. The minimum atomic E-state index is -3.69. The van der Waals surface area contributed by atoms with Crippen LogP contribution in [0.5, 0.6) is 0 Å². The molecular formula is C16H16ClN5O2S. The van der Waals surface area contributed by atoms with Crippen LogP contribution in [0.1, 0.15) is 18.2 Å². The lowest BCUT2D eigenvalue weighted by molar-refractivity contribution is 0.598. The number of hydrogen-bond acceptors (Lipinski definition) is 6. The van der Waals surface area contributed by atoms with Crippen molar-refractivity contribution in [3.05, 3.63) is 52.8 Å². The number of sulfonamides is 1. The fraction of sp³-hybridized carbons (Fsp3) is 0.188. The zero-order valence-electron chi connectivity index (χ0n) is 13.4. The molecule has 0 atom stereocenters. The highest BCUT2D eigenvalue weighted by molar-refractivity contribution is 7.89. The molecule has 0 amide bonds. The summed E-state index contributed by atoms with van der Waals surface area (Å²) in [5, 5.41) is 8.63. The third-order valence-corrected chi connectivity index (χ3v) is 4.76. The standard InChI is InChI=1S/C16H16ClN5O2S/c1-2-12-15-13(7-8-14(17)22-15)21-16(20-12)19-9-10-3-5-11(6-4-10)25(18,23)24/h3-8H,2,9H2,1H3,(H2,18,23,24)(H,19,20,21). The number of nitrogens with two attached hydrogens (primary N) is 1. The van der Waals surface area contributed by atoms with Gasteiger partial charge in [0, 0.05) is 6.54 Å². The molecule has 7 nitrogen and oxygen atoms in total. The van der Waals surface area contributed by atoms with Crippen LogP contribution in [0.4, 0.5) is 5.95 Å². The molecule has 0 saturated carbocycles. The summed E-state index contributed by atoms with van der Waals surface area (Å²) in [6.07, 6.45) is 0.699. The third kappa shape index (κ3) is 4.04. The van der Waals surface area contributed by atoms with Gasteiger partial charge in [-0.05, 0) is 36.2 Å². The van der Waals surface area contributed by atoms with E-state index in [1.165, 1.54) is 12.1 Å². The van der Waals surface area contributed by atoms with Gasteiger partial charge in [-0.2, -0.15) is 0 Å². The van der Waals surface area contributed by atoms with E-state index < -0.39 is 10.0 Å². The Bertz CT molecular complexity index is 1020. The van der Waals surface area contributed by atoms with Crippen LogP contribution < -0.4 is 10.5 Å². The van der Waals surface area contributed by atoms with Crippen LogP contribution in [0.3, 0.4) is 0 Å². The van der Waals surface area contributed by atoms with E-state index in [0.717, 1.165) is 11.3 Å². The number of aromatic nitrogens is 3. The average molecular weight is 378 g/mol. The van der Waals surface area contributed by atoms with Crippen molar-refractivity contribution in [2.24, 2.45) is 5.14 Å². The Morgan fingerprint density at radius 3 is 2.44 bits per heavy atom. The number of benzene rings is 1. The molecule has 9 heteroatoms. The van der Waals surface area contributed by atoms with Crippen molar-refractivity contribution in [1.82, 2.24) is 15.0 Å². The topological polar surface area (TPSA) is 111 Å². The number of nitrogens with zero attached hydrogens (tertiary/aromatic N) is 3. The molecule has 0 aliphatic heterocycles. The molecule has 1 aromatic carbocycles. The van der Waals surface area contributed by atoms with Crippen LogP contribution >= 0.6 is 11.6 Å². The van der Waals surface area contributed by atoms with Gasteiger partial charge in [-0.25, -0.2) is 28.5 Å². The monoisotopic (exact) mass is 377 g/mol. The molecule has 0 saturated heterocycles. The first-order valence-electron chi connectivity index (χ1n) is 7.55. The molecule has 3 rings (SSSR count). The lowest BCUT2D eigenvalue weighted by Gasteiger charge is -2.09. The van der Waals surface area contributed by atoms with Gasteiger partial charge in [0.2, 0.25) is 16.0 Å². The third-order valence-electron chi connectivity index (χ3n) is 3.62. The highest BCUT2D eigenvalue weighted by Crippen LogP contribution is 2.19. The average Bonchev–Trinajstić information content (AvgIpc) is 2.59. The molecule has 0 aliphatic carbocycles. The maximum absolute atomic E-state index is 11.3. The SMILES string of the molecule is CCc1nc(NCc2ccc(S(N)(=O)=O)cc2)nc2ccc(Cl)nc12. The second-order valence-corrected chi connectivity index (χ2v) is 7.34. The van der Waals surface area contributed by atoms with E-state index in [2.05, 4.69) is 20.3 Å². The van der Waals surface area contributed by atoms with Gasteiger partial charge in [0.1, 0.15) is 10.7 Å². The fourth-order valence-corrected chi connectivity index (χ4v) is 3.02. The van der Waals surface area contributed by atoms with E-state index >= 15 is 0 Å². The lowest BCUT2D eigenvalue weighted by Crippen LogP contribution is -2.12. The second kappa shape index (κ2) is 6.91. The molecule has 3 aromatic rings. The normalized spacial score (nSPS) is 11.6. The molecule has 2 heterocycles. The molecule has 130 valence electrons. The van der Waals surface area contributed by atoms with Gasteiger partial charge in [-0.15, -0.1) is 0 Å². The van der Waals surface area contributed by atoms with Crippen LogP contribution in [-0.4, -0.2) is 23.4 Å². The van der Waals surface area contributed by atoms with Gasteiger partial charge in [0.25, 0.3) is 0 Å². The summed E-state index contributed by atoms with van der Waals surface area (Å²) in [6.45, 7) is 2.43. The molecule has 0 spiro atoms. The zero-order chi connectivity index (χ0) is 18.0. The first-order chi connectivity index (χ1) is 11.9. The van der Waals surface area contributed by atoms with Crippen molar-refractivity contribution >= 4 is 38.6 Å². The highest BCUT2D eigenvalue weighted by atomic mass is 35.5. The number of halogens is 1. The van der Waals surface area contributed by atoms with Gasteiger partial charge in [0.15, 0.2) is 0 Å². The van der Waals surface area contributed by atoms with Crippen LogP contribution in [0.2, 0.25) is 5.15 Å². The van der Waals surface area contributed by atoms with E-state index in [-0.39, 0.29) is 4.90 Å². The second-order valence-electron chi connectivity index (χ2n) is 5.39. The number of nitrogens with one attached hydrogen (secondary N) is 1. The summed E-state index contributed by atoms with van der Waals surface area (Å²) in [7, 11) is -3.69. The molecule has 3 N–H and O–H groups in total. The molecular weight excluding hydrogens is 362 g/mol. The number of rotatable bonds is 5. The van der Waals surface area contributed by atoms with Crippen molar-refractivity contribution in [2.45, 2.75) is 24.8 Å². The largest absolute Gasteiger partial charge is 0.350 e. The van der Waals surface area contributed by atoms with E-state index in [0.29, 0.717) is 35.1 Å². The van der Waals surface area contributed by atoms with E-state index in [4.69, 9.17) is 16.7 Å². The Balaban J connectivity index is 1.82. The van der Waals surface area contributed by atoms with Gasteiger partial charge in [-0.1, -0.05) is 30.7 Å². The summed E-state index contributed by atoms with van der Waals surface area (Å²) >= 11 is 5.94. The number of primary sulfonamides is 1. The minimum absolute atomic E-state index is 0.0782. The summed E-state index contributed by atoms with van der Waals surface area (Å²) in [4.78, 5) is 13.3. The predicted molar refractivity (Wildman–Crippen MR) is 96.9 cm³/mol. The van der Waals surface area contributed by atoms with Crippen molar-refractivity contribution in [3.63, 3.8) is 0 Å². The van der Waals surface area contributed by atoms with Crippen molar-refractivity contribution in [2.75, 3.05) is 5.32 Å². The van der Waals surface area contributed by atoms with E-state index in [1.54, 1.807) is 24.3 Å². The van der Waals surface area contributed by atoms with Gasteiger partial charge in [-0.3, -0.25) is 0 Å². The lowest BCUT2D eigenvalue weighted by atomic mass is 10.2. The summed E-state index contributed by atoms with van der Waals surface area (Å²) in [6, 6.07) is 9.81. The molecule has 0 radical (unpaired) electrons.